The van der Waals surface area contributed by atoms with Crippen molar-refractivity contribution < 1.29 is 41.0 Å². The van der Waals surface area contributed by atoms with E-state index in [0.29, 0.717) is 16.9 Å². The predicted octanol–water partition coefficient (Wildman–Crippen LogP) is 6.67. The number of rotatable bonds is 11. The van der Waals surface area contributed by atoms with Gasteiger partial charge in [0.2, 0.25) is 0 Å². The molecule has 0 saturated heterocycles. The third-order valence-electron chi connectivity index (χ3n) is 5.50. The van der Waals surface area contributed by atoms with Crippen LogP contribution in [0.3, 0.4) is 0 Å². The van der Waals surface area contributed by atoms with Crippen molar-refractivity contribution >= 4 is 23.4 Å². The molecular weight excluding hydrogens is 523 g/mol. The summed E-state index contributed by atoms with van der Waals surface area (Å²) >= 11 is 0. The molecule has 0 radical (unpaired) electrons. The first-order valence-corrected chi connectivity index (χ1v) is 11.8. The molecule has 39 heavy (non-hydrogen) atoms. The predicted molar refractivity (Wildman–Crippen MR) is 137 cm³/mol. The van der Waals surface area contributed by atoms with E-state index in [2.05, 4.69) is 0 Å². The monoisotopic (exact) mass is 550 g/mol. The highest BCUT2D eigenvalue weighted by Gasteiger charge is 2.34. The molecule has 0 aliphatic heterocycles. The van der Waals surface area contributed by atoms with Gasteiger partial charge in [-0.05, 0) is 65.7 Å². The van der Waals surface area contributed by atoms with Crippen molar-refractivity contribution in [2.75, 3.05) is 24.7 Å². The van der Waals surface area contributed by atoms with Crippen molar-refractivity contribution in [2.45, 2.75) is 31.5 Å². The molecule has 1 atom stereocenters. The lowest BCUT2D eigenvalue weighted by atomic mass is 10.00. The second-order valence-electron chi connectivity index (χ2n) is 8.68. The zero-order valence-corrected chi connectivity index (χ0v) is 20.9. The number of anilines is 2. The molecule has 1 unspecified atom stereocenters. The van der Waals surface area contributed by atoms with E-state index in [0.717, 1.165) is 29.8 Å². The number of alkyl halides is 5. The summed E-state index contributed by atoms with van der Waals surface area (Å²) in [5.74, 6) is -0.856. The Hall–Kier alpha value is -4.28. The van der Waals surface area contributed by atoms with E-state index < -0.39 is 36.8 Å². The highest BCUT2D eigenvalue weighted by molar-refractivity contribution is 5.87. The first-order chi connectivity index (χ1) is 18.3. The van der Waals surface area contributed by atoms with E-state index in [1.165, 1.54) is 36.4 Å². The van der Waals surface area contributed by atoms with Gasteiger partial charge in [-0.1, -0.05) is 25.1 Å². The van der Waals surface area contributed by atoms with Gasteiger partial charge in [-0.2, -0.15) is 22.0 Å². The van der Waals surface area contributed by atoms with Crippen LogP contribution in [0.4, 0.5) is 33.3 Å². The maximum Gasteiger partial charge on any atom is 0.426 e. The Morgan fingerprint density at radius 1 is 0.923 bits per heavy atom. The topological polar surface area (TPSA) is 96.8 Å². The van der Waals surface area contributed by atoms with Crippen molar-refractivity contribution in [3.8, 4) is 11.5 Å². The van der Waals surface area contributed by atoms with Gasteiger partial charge in [0.1, 0.15) is 11.5 Å². The Balaban J connectivity index is 1.50. The normalized spacial score (nSPS) is 12.8. The summed E-state index contributed by atoms with van der Waals surface area (Å²) in [4.78, 5) is 12.1. The van der Waals surface area contributed by atoms with Crippen LogP contribution in [-0.2, 0) is 15.6 Å². The van der Waals surface area contributed by atoms with E-state index in [9.17, 15) is 26.7 Å². The molecule has 0 saturated carbocycles. The van der Waals surface area contributed by atoms with Crippen molar-refractivity contribution in [1.82, 2.24) is 0 Å². The molecule has 4 N–H and O–H groups in total. The Morgan fingerprint density at radius 3 is 2.18 bits per heavy atom. The highest BCUT2D eigenvalue weighted by atomic mass is 19.4. The van der Waals surface area contributed by atoms with Gasteiger partial charge in [0.05, 0.1) is 25.2 Å². The van der Waals surface area contributed by atoms with Crippen LogP contribution >= 0.6 is 0 Å². The van der Waals surface area contributed by atoms with Crippen molar-refractivity contribution in [3.05, 3.63) is 89.5 Å². The number of hydrogen-bond acceptors (Lipinski definition) is 6. The molecule has 0 amide bonds. The smallest absolute Gasteiger partial charge is 0.426 e. The van der Waals surface area contributed by atoms with E-state index >= 15 is 0 Å². The minimum atomic E-state index is -4.37. The van der Waals surface area contributed by atoms with Crippen LogP contribution in [0, 0.1) is 0 Å². The summed E-state index contributed by atoms with van der Waals surface area (Å²) in [7, 11) is 0. The van der Waals surface area contributed by atoms with Gasteiger partial charge in [-0.15, -0.1) is 0 Å². The lowest BCUT2D eigenvalue weighted by Gasteiger charge is -2.18. The van der Waals surface area contributed by atoms with Gasteiger partial charge in [-0.3, -0.25) is 0 Å². The van der Waals surface area contributed by atoms with Crippen molar-refractivity contribution in [3.63, 3.8) is 0 Å². The fourth-order valence-electron chi connectivity index (χ4n) is 3.44. The fraction of sp³-hybridized carbons (Fsp3) is 0.250. The molecule has 6 nitrogen and oxygen atoms in total. The number of halogens is 5. The standard InChI is InChI=1S/C28H27F5N2O4/c1-18(24-12-7-21(34)16-25(24)35)17-38-26(36)13-4-19-2-8-23(9-3-19)39-28(32,33)20-5-10-22(11-6-20)37-15-14-27(29,30)31/h2-13,16,18H,14-15,17,34-35H2,1H3/b13-4+. The molecule has 3 aromatic rings. The number of nitrogen functional groups attached to an aromatic ring is 2. The Bertz CT molecular complexity index is 1280. The lowest BCUT2D eigenvalue weighted by Crippen LogP contribution is -2.21. The second-order valence-corrected chi connectivity index (χ2v) is 8.68. The van der Waals surface area contributed by atoms with Gasteiger partial charge >= 0.3 is 18.3 Å². The number of nitrogens with two attached hydrogens (primary N) is 2. The molecule has 0 spiro atoms. The van der Waals surface area contributed by atoms with Crippen LogP contribution in [0.2, 0.25) is 0 Å². The Labute approximate surface area is 222 Å². The molecule has 208 valence electrons. The van der Waals surface area contributed by atoms with Gasteiger partial charge in [0.15, 0.2) is 0 Å². The van der Waals surface area contributed by atoms with Gasteiger partial charge in [0.25, 0.3) is 0 Å². The Kier molecular flexibility index (Phi) is 9.39. The number of ether oxygens (including phenoxy) is 3. The molecule has 0 aliphatic carbocycles. The van der Waals surface area contributed by atoms with E-state index in [-0.39, 0.29) is 24.0 Å². The van der Waals surface area contributed by atoms with Crippen LogP contribution < -0.4 is 20.9 Å². The summed E-state index contributed by atoms with van der Waals surface area (Å²) in [6.45, 7) is 1.33. The van der Waals surface area contributed by atoms with Crippen LogP contribution in [-0.4, -0.2) is 25.4 Å². The minimum absolute atomic E-state index is 0.0253. The molecule has 3 aromatic carbocycles. The summed E-state index contributed by atoms with van der Waals surface area (Å²) in [6.07, 6.45) is -6.57. The average molecular weight is 551 g/mol. The molecule has 3 rings (SSSR count). The first kappa shape index (κ1) is 29.3. The zero-order chi connectivity index (χ0) is 28.6. The maximum atomic E-state index is 14.6. The molecule has 0 bridgehead atoms. The summed E-state index contributed by atoms with van der Waals surface area (Å²) in [5.41, 5.74) is 13.5. The molecule has 0 heterocycles. The number of benzene rings is 3. The van der Waals surface area contributed by atoms with Crippen LogP contribution in [0.5, 0.6) is 11.5 Å². The molecule has 0 aromatic heterocycles. The van der Waals surface area contributed by atoms with E-state index in [1.54, 1.807) is 18.2 Å². The largest absolute Gasteiger partial charge is 0.493 e. The number of carbonyl (C=O) groups excluding carboxylic acids is 1. The van der Waals surface area contributed by atoms with Gasteiger partial charge in [-0.25, -0.2) is 4.79 Å². The quantitative estimate of drug-likeness (QED) is 0.120. The molecular formula is C28H27F5N2O4. The Morgan fingerprint density at radius 2 is 1.56 bits per heavy atom. The van der Waals surface area contributed by atoms with E-state index in [1.807, 2.05) is 6.92 Å². The lowest BCUT2D eigenvalue weighted by molar-refractivity contribution is -0.185. The van der Waals surface area contributed by atoms with E-state index in [4.69, 9.17) is 25.7 Å². The van der Waals surface area contributed by atoms with Crippen molar-refractivity contribution in [1.29, 1.82) is 0 Å². The van der Waals surface area contributed by atoms with Crippen LogP contribution in [0.15, 0.2) is 72.8 Å². The second kappa shape index (κ2) is 12.5. The van der Waals surface area contributed by atoms with Crippen LogP contribution in [0.1, 0.15) is 36.0 Å². The van der Waals surface area contributed by atoms with Gasteiger partial charge in [0, 0.05) is 23.4 Å². The third kappa shape index (κ3) is 9.20. The zero-order valence-electron chi connectivity index (χ0n) is 20.9. The average Bonchev–Trinajstić information content (AvgIpc) is 2.86. The number of hydrogen-bond donors (Lipinski definition) is 2. The summed E-state index contributed by atoms with van der Waals surface area (Å²) in [5, 5.41) is 0. The third-order valence-corrected chi connectivity index (χ3v) is 5.50. The highest BCUT2D eigenvalue weighted by Crippen LogP contribution is 2.33. The molecule has 0 aliphatic rings. The maximum absolute atomic E-state index is 14.6. The van der Waals surface area contributed by atoms with Crippen molar-refractivity contribution in [2.24, 2.45) is 0 Å². The number of carbonyl (C=O) groups is 1. The van der Waals surface area contributed by atoms with Crippen LogP contribution in [0.25, 0.3) is 6.08 Å². The first-order valence-electron chi connectivity index (χ1n) is 11.8. The fourth-order valence-corrected chi connectivity index (χ4v) is 3.44. The summed E-state index contributed by atoms with van der Waals surface area (Å²) in [6, 6.07) is 15.0. The molecule has 11 heteroatoms. The minimum Gasteiger partial charge on any atom is -0.493 e. The summed E-state index contributed by atoms with van der Waals surface area (Å²) < 4.78 is 80.7. The van der Waals surface area contributed by atoms with Gasteiger partial charge < -0.3 is 25.7 Å². The molecule has 0 fully saturated rings. The SMILES string of the molecule is CC(COC(=O)/C=C/c1ccc(OC(F)(F)c2ccc(OCCC(F)(F)F)cc2)cc1)c1ccc(N)cc1N. The number of esters is 1.